The number of aliphatic hydroxyl groups excluding tert-OH is 9. The third kappa shape index (κ3) is 28.9. The average Bonchev–Trinajstić information content (AvgIpc) is 3.38. The Hall–Kier alpha value is -1.58. The lowest BCUT2D eigenvalue weighted by Crippen LogP contribution is -2.68. The Bertz CT molecular complexity index is 1350. The van der Waals surface area contributed by atoms with Gasteiger partial charge >= 0.3 is 0 Å². The molecule has 2 fully saturated rings. The van der Waals surface area contributed by atoms with Crippen LogP contribution in [0.1, 0.15) is 245 Å². The van der Waals surface area contributed by atoms with Crippen molar-refractivity contribution in [1.82, 2.24) is 10.6 Å². The predicted molar refractivity (Wildman–Crippen MR) is 287 cm³/mol. The van der Waals surface area contributed by atoms with Crippen LogP contribution < -0.4 is 10.6 Å². The van der Waals surface area contributed by atoms with Gasteiger partial charge in [0.15, 0.2) is 12.6 Å². The summed E-state index contributed by atoms with van der Waals surface area (Å²) < 4.78 is 23.2. The summed E-state index contributed by atoms with van der Waals surface area (Å²) in [6.45, 7) is 3.57. The van der Waals surface area contributed by atoms with E-state index in [1.54, 1.807) is 0 Å². The molecule has 11 N–H and O–H groups in total. The topological polar surface area (TPSA) is 277 Å². The van der Waals surface area contributed by atoms with Gasteiger partial charge in [-0.15, -0.1) is 0 Å². The van der Waals surface area contributed by atoms with Crippen molar-refractivity contribution in [1.29, 1.82) is 0 Å². The molecule has 438 valence electrons. The maximum atomic E-state index is 13.5. The molecule has 74 heavy (non-hydrogen) atoms. The number of hydrogen-bond acceptors (Lipinski definition) is 15. The third-order valence-corrected chi connectivity index (χ3v) is 15.2. The standard InChI is InChI=1S/C57H110N2O15/c1-4-6-8-10-12-14-16-18-19-20-21-22-23-24-26-28-30-32-34-36-38-45(64)55(70)59-43(49(65)44(63)37-35-33-31-29-27-25-17-15-13-11-9-7-5-2)41-71-57-53(69)54(51(67)47(40-61)73-57)74-56-48(58-42(3)62)52(68)50(66)46(39-60)72-56/h43-54,56-57,60-61,63-69H,4-41H2,1-3H3,(H,58,62)(H,59,70). The van der Waals surface area contributed by atoms with Crippen LogP contribution in [-0.2, 0) is 28.5 Å². The van der Waals surface area contributed by atoms with E-state index in [9.17, 15) is 55.5 Å². The van der Waals surface area contributed by atoms with E-state index in [1.165, 1.54) is 148 Å². The molecule has 2 aliphatic heterocycles. The quantitative estimate of drug-likeness (QED) is 0.0273. The monoisotopic (exact) mass is 1060 g/mol. The zero-order valence-corrected chi connectivity index (χ0v) is 46.4. The molecule has 0 aliphatic carbocycles. The van der Waals surface area contributed by atoms with Crippen molar-refractivity contribution >= 4 is 11.8 Å². The maximum Gasteiger partial charge on any atom is 0.249 e. The average molecular weight is 1060 g/mol. The highest BCUT2D eigenvalue weighted by molar-refractivity contribution is 5.80. The highest BCUT2D eigenvalue weighted by Gasteiger charge is 2.51. The van der Waals surface area contributed by atoms with Crippen molar-refractivity contribution in [3.05, 3.63) is 0 Å². The normalized spacial score (nSPS) is 25.9. The molecule has 2 rings (SSSR count). The molecule has 0 bridgehead atoms. The van der Waals surface area contributed by atoms with E-state index in [2.05, 4.69) is 24.5 Å². The van der Waals surface area contributed by atoms with Crippen LogP contribution in [0.3, 0.4) is 0 Å². The third-order valence-electron chi connectivity index (χ3n) is 15.2. The Morgan fingerprint density at radius 3 is 1.28 bits per heavy atom. The van der Waals surface area contributed by atoms with Gasteiger partial charge in [-0.05, 0) is 12.8 Å². The number of aliphatic hydroxyl groups is 9. The van der Waals surface area contributed by atoms with Gasteiger partial charge < -0.3 is 75.5 Å². The van der Waals surface area contributed by atoms with Gasteiger partial charge in [-0.2, -0.15) is 0 Å². The molecule has 2 aliphatic rings. The molecule has 0 spiro atoms. The van der Waals surface area contributed by atoms with Crippen LogP contribution >= 0.6 is 0 Å². The lowest BCUT2D eigenvalue weighted by molar-refractivity contribution is -0.348. The van der Waals surface area contributed by atoms with E-state index in [0.717, 1.165) is 58.3 Å². The summed E-state index contributed by atoms with van der Waals surface area (Å²) in [7, 11) is 0. The zero-order valence-electron chi connectivity index (χ0n) is 46.4. The highest BCUT2D eigenvalue weighted by atomic mass is 16.7. The number of ether oxygens (including phenoxy) is 4. The zero-order chi connectivity index (χ0) is 54.4. The Labute approximate surface area is 446 Å². The molecule has 0 radical (unpaired) electrons. The van der Waals surface area contributed by atoms with E-state index in [1.807, 2.05) is 0 Å². The number of carbonyl (C=O) groups is 2. The molecule has 17 nitrogen and oxygen atoms in total. The molecule has 0 aromatic carbocycles. The summed E-state index contributed by atoms with van der Waals surface area (Å²) in [6.07, 6.45) is 21.3. The smallest absolute Gasteiger partial charge is 0.249 e. The van der Waals surface area contributed by atoms with Crippen molar-refractivity contribution in [2.24, 2.45) is 0 Å². The van der Waals surface area contributed by atoms with E-state index in [0.29, 0.717) is 12.8 Å². The van der Waals surface area contributed by atoms with Gasteiger partial charge in [0.25, 0.3) is 0 Å². The molecule has 0 aromatic heterocycles. The molecule has 2 heterocycles. The molecule has 0 saturated carbocycles. The van der Waals surface area contributed by atoms with Crippen LogP contribution in [0.2, 0.25) is 0 Å². The molecule has 17 heteroatoms. The molecular weight excluding hydrogens is 953 g/mol. The first kappa shape index (κ1) is 68.5. The second-order valence-corrected chi connectivity index (χ2v) is 21.8. The first-order valence-corrected chi connectivity index (χ1v) is 29.9. The Morgan fingerprint density at radius 2 is 0.878 bits per heavy atom. The van der Waals surface area contributed by atoms with Crippen LogP contribution in [0.15, 0.2) is 0 Å². The van der Waals surface area contributed by atoms with Crippen LogP contribution in [0, 0.1) is 0 Å². The van der Waals surface area contributed by atoms with Crippen molar-refractivity contribution in [3.63, 3.8) is 0 Å². The van der Waals surface area contributed by atoms with E-state index in [-0.39, 0.29) is 12.8 Å². The lowest BCUT2D eigenvalue weighted by Gasteiger charge is -2.47. The van der Waals surface area contributed by atoms with Crippen LogP contribution in [0.25, 0.3) is 0 Å². The van der Waals surface area contributed by atoms with Gasteiger partial charge in [0.05, 0.1) is 32.0 Å². The Morgan fingerprint density at radius 1 is 0.500 bits per heavy atom. The predicted octanol–water partition coefficient (Wildman–Crippen LogP) is 7.03. The fraction of sp³-hybridized carbons (Fsp3) is 0.965. The van der Waals surface area contributed by atoms with E-state index >= 15 is 0 Å². The second-order valence-electron chi connectivity index (χ2n) is 21.8. The first-order chi connectivity index (χ1) is 35.8. The molecule has 2 saturated heterocycles. The Kier molecular flexibility index (Phi) is 40.1. The summed E-state index contributed by atoms with van der Waals surface area (Å²) >= 11 is 0. The lowest BCUT2D eigenvalue weighted by atomic mass is 9.95. The number of unbranched alkanes of at least 4 members (excludes halogenated alkanes) is 31. The summed E-state index contributed by atoms with van der Waals surface area (Å²) in [5.41, 5.74) is 0. The van der Waals surface area contributed by atoms with E-state index < -0.39 is 117 Å². The summed E-state index contributed by atoms with van der Waals surface area (Å²) in [6, 6.07) is -2.72. The molecular formula is C57H110N2O15. The fourth-order valence-corrected chi connectivity index (χ4v) is 10.3. The SMILES string of the molecule is CCCCCCCCCCCCCCCCCCCCCCC(O)C(=O)NC(COC1OC(CO)C(O)C(OC2OC(CO)C(O)C(O)C2NC(C)=O)C1O)C(O)C(O)CCCCCCCCCCCCCCC. The first-order valence-electron chi connectivity index (χ1n) is 29.9. The highest BCUT2D eigenvalue weighted by Crippen LogP contribution is 2.30. The van der Waals surface area contributed by atoms with Gasteiger partial charge in [0, 0.05) is 6.92 Å². The number of rotatable bonds is 47. The van der Waals surface area contributed by atoms with Crippen LogP contribution in [-0.4, -0.2) is 163 Å². The molecule has 2 amide bonds. The number of nitrogens with one attached hydrogen (secondary N) is 2. The Balaban J connectivity index is 1.92. The van der Waals surface area contributed by atoms with Gasteiger partial charge in [-0.1, -0.05) is 226 Å². The van der Waals surface area contributed by atoms with Crippen molar-refractivity contribution in [2.45, 2.75) is 331 Å². The van der Waals surface area contributed by atoms with E-state index in [4.69, 9.17) is 18.9 Å². The van der Waals surface area contributed by atoms with Crippen LogP contribution in [0.4, 0.5) is 0 Å². The summed E-state index contributed by atoms with van der Waals surface area (Å²) in [5, 5.41) is 103. The van der Waals surface area contributed by atoms with Gasteiger partial charge in [-0.3, -0.25) is 9.59 Å². The largest absolute Gasteiger partial charge is 0.394 e. The fourth-order valence-electron chi connectivity index (χ4n) is 10.3. The minimum Gasteiger partial charge on any atom is -0.394 e. The number of amides is 2. The summed E-state index contributed by atoms with van der Waals surface area (Å²) in [4.78, 5) is 25.5. The van der Waals surface area contributed by atoms with Gasteiger partial charge in [0.2, 0.25) is 11.8 Å². The molecule has 14 atom stereocenters. The van der Waals surface area contributed by atoms with Crippen molar-refractivity contribution < 1.29 is 74.5 Å². The van der Waals surface area contributed by atoms with Crippen LogP contribution in [0.5, 0.6) is 0 Å². The second kappa shape index (κ2) is 43.3. The molecule has 14 unspecified atom stereocenters. The van der Waals surface area contributed by atoms with Crippen molar-refractivity contribution in [2.75, 3.05) is 19.8 Å². The van der Waals surface area contributed by atoms with Crippen molar-refractivity contribution in [3.8, 4) is 0 Å². The minimum absolute atomic E-state index is 0.196. The number of hydrogen-bond donors (Lipinski definition) is 11. The maximum absolute atomic E-state index is 13.5. The van der Waals surface area contributed by atoms with Gasteiger partial charge in [-0.25, -0.2) is 0 Å². The van der Waals surface area contributed by atoms with Gasteiger partial charge in [0.1, 0.15) is 61.0 Å². The minimum atomic E-state index is -1.85. The summed E-state index contributed by atoms with van der Waals surface area (Å²) in [5.74, 6) is -1.39. The number of carbonyl (C=O) groups excluding carboxylic acids is 2. The molecule has 0 aromatic rings.